The van der Waals surface area contributed by atoms with Crippen LogP contribution in [0.25, 0.3) is 0 Å². The normalized spacial score (nSPS) is 11.8. The molecule has 8 heteroatoms. The van der Waals surface area contributed by atoms with Crippen LogP contribution in [-0.2, 0) is 27.7 Å². The SMILES string of the molecule is CCc1cccc(CC)c1NC(=O)CN(C)S(=O)(=O)c1c(C)noc1C. The van der Waals surface area contributed by atoms with Crippen molar-refractivity contribution in [1.29, 1.82) is 0 Å². The molecule has 0 aliphatic rings. The molecule has 0 radical (unpaired) electrons. The third kappa shape index (κ3) is 3.96. The van der Waals surface area contributed by atoms with E-state index in [2.05, 4.69) is 10.5 Å². The molecule has 1 amide bonds. The van der Waals surface area contributed by atoms with E-state index < -0.39 is 15.9 Å². The van der Waals surface area contributed by atoms with Crippen molar-refractivity contribution >= 4 is 21.6 Å². The van der Waals surface area contributed by atoms with Crippen LogP contribution in [0.1, 0.15) is 36.4 Å². The molecular formula is C18H25N3O4S. The van der Waals surface area contributed by atoms with Crippen LogP contribution in [0, 0.1) is 13.8 Å². The largest absolute Gasteiger partial charge is 0.360 e. The molecular weight excluding hydrogens is 354 g/mol. The molecule has 2 aromatic rings. The highest BCUT2D eigenvalue weighted by atomic mass is 32.2. The summed E-state index contributed by atoms with van der Waals surface area (Å²) in [6.45, 7) is 6.82. The summed E-state index contributed by atoms with van der Waals surface area (Å²) in [5.74, 6) is -0.183. The molecule has 0 unspecified atom stereocenters. The average molecular weight is 379 g/mol. The summed E-state index contributed by atoms with van der Waals surface area (Å²) in [6, 6.07) is 5.87. The molecule has 0 saturated heterocycles. The van der Waals surface area contributed by atoms with E-state index in [0.717, 1.165) is 34.0 Å². The van der Waals surface area contributed by atoms with Crippen molar-refractivity contribution in [2.75, 3.05) is 18.9 Å². The summed E-state index contributed by atoms with van der Waals surface area (Å²) < 4.78 is 31.4. The summed E-state index contributed by atoms with van der Waals surface area (Å²) in [6.07, 6.45) is 1.55. The van der Waals surface area contributed by atoms with E-state index in [1.165, 1.54) is 14.0 Å². The second kappa shape index (κ2) is 8.01. The van der Waals surface area contributed by atoms with E-state index in [1.54, 1.807) is 6.92 Å². The van der Waals surface area contributed by atoms with Gasteiger partial charge in [0.1, 0.15) is 10.6 Å². The standard InChI is InChI=1S/C18H25N3O4S/c1-6-14-9-8-10-15(7-2)17(14)19-16(22)11-21(5)26(23,24)18-12(3)20-25-13(18)4/h8-10H,6-7,11H2,1-5H3,(H,19,22). The molecule has 26 heavy (non-hydrogen) atoms. The second-order valence-electron chi connectivity index (χ2n) is 6.12. The number of carbonyl (C=O) groups excluding carboxylic acids is 1. The molecule has 0 spiro atoms. The van der Waals surface area contributed by atoms with Crippen LogP contribution < -0.4 is 5.32 Å². The third-order valence-electron chi connectivity index (χ3n) is 4.27. The summed E-state index contributed by atoms with van der Waals surface area (Å²) in [5, 5.41) is 6.55. The first-order valence-electron chi connectivity index (χ1n) is 8.52. The maximum Gasteiger partial charge on any atom is 0.248 e. The fourth-order valence-corrected chi connectivity index (χ4v) is 4.28. The van der Waals surface area contributed by atoms with Crippen LogP contribution in [-0.4, -0.2) is 37.4 Å². The molecule has 0 saturated carbocycles. The second-order valence-corrected chi connectivity index (χ2v) is 8.10. The maximum absolute atomic E-state index is 12.7. The van der Waals surface area contributed by atoms with E-state index in [4.69, 9.17) is 4.52 Å². The lowest BCUT2D eigenvalue weighted by atomic mass is 10.0. The van der Waals surface area contributed by atoms with Crippen LogP contribution in [0.2, 0.25) is 0 Å². The third-order valence-corrected chi connectivity index (χ3v) is 6.31. The Morgan fingerprint density at radius 3 is 2.23 bits per heavy atom. The van der Waals surface area contributed by atoms with Gasteiger partial charge in [-0.05, 0) is 37.8 Å². The van der Waals surface area contributed by atoms with E-state index in [0.29, 0.717) is 0 Å². The minimum atomic E-state index is -3.86. The number of carbonyl (C=O) groups is 1. The number of likely N-dealkylation sites (N-methyl/N-ethyl adjacent to an activating group) is 1. The van der Waals surface area contributed by atoms with Gasteiger partial charge in [-0.25, -0.2) is 8.42 Å². The van der Waals surface area contributed by atoms with Crippen molar-refractivity contribution < 1.29 is 17.7 Å². The highest BCUT2D eigenvalue weighted by Gasteiger charge is 2.30. The Morgan fingerprint density at radius 1 is 1.19 bits per heavy atom. The first-order valence-corrected chi connectivity index (χ1v) is 9.96. The number of rotatable bonds is 7. The number of benzene rings is 1. The van der Waals surface area contributed by atoms with Gasteiger partial charge in [-0.15, -0.1) is 0 Å². The molecule has 1 heterocycles. The first kappa shape index (κ1) is 20.1. The van der Waals surface area contributed by atoms with Gasteiger partial charge < -0.3 is 9.84 Å². The van der Waals surface area contributed by atoms with Gasteiger partial charge in [0.2, 0.25) is 15.9 Å². The van der Waals surface area contributed by atoms with Crippen LogP contribution in [0.4, 0.5) is 5.69 Å². The zero-order chi connectivity index (χ0) is 19.5. The minimum Gasteiger partial charge on any atom is -0.360 e. The van der Waals surface area contributed by atoms with Crippen molar-refractivity contribution in [3.05, 3.63) is 40.8 Å². The summed E-state index contributed by atoms with van der Waals surface area (Å²) in [5.41, 5.74) is 3.09. The van der Waals surface area contributed by atoms with E-state index in [1.807, 2.05) is 32.0 Å². The number of sulfonamides is 1. The number of nitrogens with one attached hydrogen (secondary N) is 1. The maximum atomic E-state index is 12.7. The monoisotopic (exact) mass is 379 g/mol. The van der Waals surface area contributed by atoms with Crippen molar-refractivity contribution in [1.82, 2.24) is 9.46 Å². The highest BCUT2D eigenvalue weighted by molar-refractivity contribution is 7.89. The molecule has 1 aromatic heterocycles. The van der Waals surface area contributed by atoms with Gasteiger partial charge in [-0.3, -0.25) is 4.79 Å². The van der Waals surface area contributed by atoms with Crippen LogP contribution in [0.3, 0.4) is 0 Å². The van der Waals surface area contributed by atoms with Crippen molar-refractivity contribution in [2.24, 2.45) is 0 Å². The number of anilines is 1. The van der Waals surface area contributed by atoms with Crippen LogP contribution >= 0.6 is 0 Å². The molecule has 2 rings (SSSR count). The zero-order valence-electron chi connectivity index (χ0n) is 15.8. The van der Waals surface area contributed by atoms with E-state index in [-0.39, 0.29) is 22.9 Å². The van der Waals surface area contributed by atoms with Crippen molar-refractivity contribution in [2.45, 2.75) is 45.4 Å². The zero-order valence-corrected chi connectivity index (χ0v) is 16.6. The summed E-state index contributed by atoms with van der Waals surface area (Å²) in [4.78, 5) is 12.5. The number of hydrogen-bond acceptors (Lipinski definition) is 5. The Labute approximate surface area is 154 Å². The Kier molecular flexibility index (Phi) is 6.20. The summed E-state index contributed by atoms with van der Waals surface area (Å²) in [7, 11) is -2.49. The lowest BCUT2D eigenvalue weighted by molar-refractivity contribution is -0.116. The van der Waals surface area contributed by atoms with Gasteiger partial charge in [0.15, 0.2) is 5.76 Å². The number of aryl methyl sites for hydroxylation is 4. The van der Waals surface area contributed by atoms with Crippen LogP contribution in [0.15, 0.2) is 27.6 Å². The molecule has 0 fully saturated rings. The lowest BCUT2D eigenvalue weighted by Gasteiger charge is -2.18. The van der Waals surface area contributed by atoms with Gasteiger partial charge in [-0.1, -0.05) is 37.2 Å². The van der Waals surface area contributed by atoms with Crippen LogP contribution in [0.5, 0.6) is 0 Å². The Balaban J connectivity index is 2.21. The lowest BCUT2D eigenvalue weighted by Crippen LogP contribution is -2.35. The van der Waals surface area contributed by atoms with Gasteiger partial charge in [0.25, 0.3) is 0 Å². The predicted octanol–water partition coefficient (Wildman–Crippen LogP) is 2.68. The van der Waals surface area contributed by atoms with Gasteiger partial charge >= 0.3 is 0 Å². The first-order chi connectivity index (χ1) is 12.2. The number of para-hydroxylation sites is 1. The molecule has 7 nitrogen and oxygen atoms in total. The molecule has 0 aliphatic heterocycles. The molecule has 1 N–H and O–H groups in total. The van der Waals surface area contributed by atoms with E-state index >= 15 is 0 Å². The highest BCUT2D eigenvalue weighted by Crippen LogP contribution is 2.24. The van der Waals surface area contributed by atoms with Crippen molar-refractivity contribution in [3.63, 3.8) is 0 Å². The van der Waals surface area contributed by atoms with Gasteiger partial charge in [0.05, 0.1) is 6.54 Å². The van der Waals surface area contributed by atoms with Gasteiger partial charge in [-0.2, -0.15) is 4.31 Å². The Hall–Kier alpha value is -2.19. The Morgan fingerprint density at radius 2 is 1.77 bits per heavy atom. The molecule has 0 aliphatic carbocycles. The average Bonchev–Trinajstić information content (AvgIpc) is 2.94. The predicted molar refractivity (Wildman–Crippen MR) is 99.6 cm³/mol. The quantitative estimate of drug-likeness (QED) is 0.798. The van der Waals surface area contributed by atoms with Crippen molar-refractivity contribution in [3.8, 4) is 0 Å². The number of hydrogen-bond donors (Lipinski definition) is 1. The molecule has 0 atom stereocenters. The topological polar surface area (TPSA) is 92.5 Å². The smallest absolute Gasteiger partial charge is 0.248 e. The Bertz CT molecular complexity index is 861. The molecule has 0 bridgehead atoms. The molecule has 142 valence electrons. The van der Waals surface area contributed by atoms with Gasteiger partial charge in [0, 0.05) is 12.7 Å². The summed E-state index contributed by atoms with van der Waals surface area (Å²) >= 11 is 0. The number of aromatic nitrogens is 1. The number of nitrogens with zero attached hydrogens (tertiary/aromatic N) is 2. The number of amides is 1. The fraction of sp³-hybridized carbons (Fsp3) is 0.444. The minimum absolute atomic E-state index is 0.0102. The fourth-order valence-electron chi connectivity index (χ4n) is 2.87. The molecule has 1 aromatic carbocycles. The van der Waals surface area contributed by atoms with E-state index in [9.17, 15) is 13.2 Å².